The molecule has 0 aliphatic carbocycles. The van der Waals surface area contributed by atoms with Gasteiger partial charge in [0.05, 0.1) is 25.0 Å². The fourth-order valence-electron chi connectivity index (χ4n) is 1.46. The Morgan fingerprint density at radius 1 is 1.35 bits per heavy atom. The molecule has 0 saturated heterocycles. The summed E-state index contributed by atoms with van der Waals surface area (Å²) in [5, 5.41) is 3.27. The third-order valence-corrected chi connectivity index (χ3v) is 2.29. The van der Waals surface area contributed by atoms with Gasteiger partial charge in [-0.15, -0.1) is 0 Å². The lowest BCUT2D eigenvalue weighted by atomic mass is 10.3. The van der Waals surface area contributed by atoms with Gasteiger partial charge in [0, 0.05) is 0 Å². The van der Waals surface area contributed by atoms with Crippen LogP contribution in [0.15, 0.2) is 41.3 Å². The molecular formula is C13H16N2O2. The zero-order valence-electron chi connectivity index (χ0n) is 9.85. The molecule has 0 spiro atoms. The summed E-state index contributed by atoms with van der Waals surface area (Å²) < 4.78 is 10.8. The fourth-order valence-corrected chi connectivity index (χ4v) is 1.46. The molecule has 4 nitrogen and oxygen atoms in total. The highest BCUT2D eigenvalue weighted by Crippen LogP contribution is 2.24. The highest BCUT2D eigenvalue weighted by molar-refractivity contribution is 5.56. The van der Waals surface area contributed by atoms with Gasteiger partial charge in [0.15, 0.2) is 6.39 Å². The van der Waals surface area contributed by atoms with E-state index in [2.05, 4.69) is 17.2 Å². The van der Waals surface area contributed by atoms with Crippen LogP contribution in [0.25, 0.3) is 0 Å². The number of rotatable bonds is 6. The first-order valence-corrected chi connectivity index (χ1v) is 5.73. The largest absolute Gasteiger partial charge is 0.491 e. The molecule has 0 amide bonds. The molecule has 0 fully saturated rings. The number of hydrogen-bond donors (Lipinski definition) is 1. The number of para-hydroxylation sites is 2. The summed E-state index contributed by atoms with van der Waals surface area (Å²) in [6.07, 6.45) is 4.12. The van der Waals surface area contributed by atoms with E-state index in [-0.39, 0.29) is 0 Å². The molecule has 1 heterocycles. The van der Waals surface area contributed by atoms with Crippen molar-refractivity contribution in [1.29, 1.82) is 0 Å². The molecule has 1 aromatic heterocycles. The van der Waals surface area contributed by atoms with Gasteiger partial charge in [-0.2, -0.15) is 0 Å². The molecule has 0 radical (unpaired) electrons. The van der Waals surface area contributed by atoms with E-state index in [0.717, 1.165) is 30.2 Å². The van der Waals surface area contributed by atoms with Gasteiger partial charge in [-0.25, -0.2) is 4.98 Å². The van der Waals surface area contributed by atoms with E-state index in [4.69, 9.17) is 9.15 Å². The highest BCUT2D eigenvalue weighted by atomic mass is 16.5. The zero-order valence-corrected chi connectivity index (χ0v) is 9.85. The van der Waals surface area contributed by atoms with E-state index in [1.807, 2.05) is 24.3 Å². The molecule has 2 aromatic rings. The van der Waals surface area contributed by atoms with Crippen LogP contribution in [0.1, 0.15) is 19.1 Å². The van der Waals surface area contributed by atoms with Crippen LogP contribution in [0, 0.1) is 0 Å². The molecule has 0 aliphatic rings. The van der Waals surface area contributed by atoms with Crippen molar-refractivity contribution in [2.75, 3.05) is 11.9 Å². The normalized spacial score (nSPS) is 10.2. The molecule has 1 aromatic carbocycles. The van der Waals surface area contributed by atoms with E-state index in [0.29, 0.717) is 6.54 Å². The second-order valence-corrected chi connectivity index (χ2v) is 3.67. The third-order valence-electron chi connectivity index (χ3n) is 2.29. The van der Waals surface area contributed by atoms with Gasteiger partial charge in [0.2, 0.25) is 0 Å². The number of aromatic nitrogens is 1. The molecule has 2 rings (SSSR count). The van der Waals surface area contributed by atoms with E-state index in [9.17, 15) is 0 Å². The number of hydrogen-bond acceptors (Lipinski definition) is 4. The van der Waals surface area contributed by atoms with Crippen LogP contribution in [-0.2, 0) is 6.54 Å². The minimum atomic E-state index is 0.604. The molecule has 17 heavy (non-hydrogen) atoms. The summed E-state index contributed by atoms with van der Waals surface area (Å²) in [6, 6.07) is 7.88. The van der Waals surface area contributed by atoms with Crippen molar-refractivity contribution >= 4 is 5.69 Å². The molecule has 0 unspecified atom stereocenters. The lowest BCUT2D eigenvalue weighted by Crippen LogP contribution is -2.02. The first-order valence-electron chi connectivity index (χ1n) is 5.73. The number of nitrogens with one attached hydrogen (secondary N) is 1. The second-order valence-electron chi connectivity index (χ2n) is 3.67. The molecular weight excluding hydrogens is 216 g/mol. The van der Waals surface area contributed by atoms with Crippen molar-refractivity contribution in [2.45, 2.75) is 19.9 Å². The maximum absolute atomic E-state index is 5.65. The van der Waals surface area contributed by atoms with E-state index < -0.39 is 0 Å². The van der Waals surface area contributed by atoms with E-state index in [1.165, 1.54) is 6.39 Å². The topological polar surface area (TPSA) is 47.3 Å². The van der Waals surface area contributed by atoms with Crippen molar-refractivity contribution in [3.05, 3.63) is 42.6 Å². The van der Waals surface area contributed by atoms with Gasteiger partial charge < -0.3 is 14.5 Å². The van der Waals surface area contributed by atoms with Gasteiger partial charge in [0.1, 0.15) is 11.5 Å². The first-order chi connectivity index (χ1) is 8.40. The Hall–Kier alpha value is -1.97. The van der Waals surface area contributed by atoms with Crippen molar-refractivity contribution in [2.24, 2.45) is 0 Å². The van der Waals surface area contributed by atoms with E-state index in [1.54, 1.807) is 6.20 Å². The standard InChI is InChI=1S/C13H16N2O2/c1-2-7-16-13-6-4-3-5-12(13)15-9-11-8-14-10-17-11/h3-6,8,10,15H,2,7,9H2,1H3. The average molecular weight is 232 g/mol. The smallest absolute Gasteiger partial charge is 0.180 e. The quantitative estimate of drug-likeness (QED) is 0.831. The van der Waals surface area contributed by atoms with Crippen LogP contribution < -0.4 is 10.1 Å². The maximum Gasteiger partial charge on any atom is 0.180 e. The van der Waals surface area contributed by atoms with Gasteiger partial charge >= 0.3 is 0 Å². The number of nitrogens with zero attached hydrogens (tertiary/aromatic N) is 1. The minimum Gasteiger partial charge on any atom is -0.491 e. The number of anilines is 1. The van der Waals surface area contributed by atoms with Crippen molar-refractivity contribution in [3.63, 3.8) is 0 Å². The summed E-state index contributed by atoms with van der Waals surface area (Å²) in [5.41, 5.74) is 0.970. The zero-order chi connectivity index (χ0) is 11.9. The third kappa shape index (κ3) is 3.24. The van der Waals surface area contributed by atoms with Gasteiger partial charge in [-0.05, 0) is 18.6 Å². The van der Waals surface area contributed by atoms with Crippen LogP contribution in [0.4, 0.5) is 5.69 Å². The van der Waals surface area contributed by atoms with Gasteiger partial charge in [-0.3, -0.25) is 0 Å². The predicted octanol–water partition coefficient (Wildman–Crippen LogP) is 3.08. The summed E-state index contributed by atoms with van der Waals surface area (Å²) in [6.45, 7) is 3.41. The monoisotopic (exact) mass is 232 g/mol. The molecule has 0 atom stereocenters. The van der Waals surface area contributed by atoms with Crippen LogP contribution in [0.5, 0.6) is 5.75 Å². The predicted molar refractivity (Wildman–Crippen MR) is 66.1 cm³/mol. The number of benzene rings is 1. The van der Waals surface area contributed by atoms with Crippen LogP contribution in [-0.4, -0.2) is 11.6 Å². The minimum absolute atomic E-state index is 0.604. The van der Waals surface area contributed by atoms with Crippen LogP contribution in [0.2, 0.25) is 0 Å². The second kappa shape index (κ2) is 5.94. The summed E-state index contributed by atoms with van der Waals surface area (Å²) in [7, 11) is 0. The fraction of sp³-hybridized carbons (Fsp3) is 0.308. The lowest BCUT2D eigenvalue weighted by molar-refractivity contribution is 0.318. The first kappa shape index (κ1) is 11.5. The molecule has 4 heteroatoms. The summed E-state index contributed by atoms with van der Waals surface area (Å²) >= 11 is 0. The Morgan fingerprint density at radius 3 is 3.00 bits per heavy atom. The Bertz CT molecular complexity index is 440. The molecule has 0 saturated carbocycles. The van der Waals surface area contributed by atoms with Crippen molar-refractivity contribution in [3.8, 4) is 5.75 Å². The van der Waals surface area contributed by atoms with Crippen LogP contribution >= 0.6 is 0 Å². The maximum atomic E-state index is 5.65. The highest BCUT2D eigenvalue weighted by Gasteiger charge is 2.03. The summed E-state index contributed by atoms with van der Waals surface area (Å²) in [5.74, 6) is 1.67. The Balaban J connectivity index is 1.99. The van der Waals surface area contributed by atoms with Crippen molar-refractivity contribution < 1.29 is 9.15 Å². The lowest BCUT2D eigenvalue weighted by Gasteiger charge is -2.11. The average Bonchev–Trinajstić information content (AvgIpc) is 2.88. The Labute approximate surface area is 101 Å². The molecule has 90 valence electrons. The molecule has 0 bridgehead atoms. The SMILES string of the molecule is CCCOc1ccccc1NCc1cnco1. The molecule has 0 aliphatic heterocycles. The Kier molecular flexibility index (Phi) is 4.02. The van der Waals surface area contributed by atoms with E-state index >= 15 is 0 Å². The Morgan fingerprint density at radius 2 is 2.24 bits per heavy atom. The van der Waals surface area contributed by atoms with Crippen molar-refractivity contribution in [1.82, 2.24) is 4.98 Å². The number of ether oxygens (including phenoxy) is 1. The van der Waals surface area contributed by atoms with Crippen LogP contribution in [0.3, 0.4) is 0 Å². The summed E-state index contributed by atoms with van der Waals surface area (Å²) in [4.78, 5) is 3.87. The van der Waals surface area contributed by atoms with Gasteiger partial charge in [-0.1, -0.05) is 19.1 Å². The number of oxazole rings is 1. The van der Waals surface area contributed by atoms with Gasteiger partial charge in [0.25, 0.3) is 0 Å². The molecule has 1 N–H and O–H groups in total.